The summed E-state index contributed by atoms with van der Waals surface area (Å²) in [6.07, 6.45) is -0.812. The fraction of sp³-hybridized carbons (Fsp3) is 0.417. The Morgan fingerprint density at radius 2 is 1.72 bits per heavy atom. The molecule has 36 heavy (non-hydrogen) atoms. The number of hydrogen-bond donors (Lipinski definition) is 1. The van der Waals surface area contributed by atoms with Crippen LogP contribution >= 0.6 is 11.3 Å². The third kappa shape index (κ3) is 9.33. The zero-order valence-electron chi connectivity index (χ0n) is 19.7. The molecule has 1 aromatic carbocycles. The summed E-state index contributed by atoms with van der Waals surface area (Å²) < 4.78 is 41.0. The van der Waals surface area contributed by atoms with Crippen LogP contribution in [0.15, 0.2) is 36.4 Å². The van der Waals surface area contributed by atoms with Gasteiger partial charge in [-0.1, -0.05) is 30.4 Å². The molecule has 0 aliphatic rings. The molecule has 1 amide bonds. The number of Topliss-reactive ketones (excluding diaryl/α,β-unsaturated/α-hetero) is 1. The van der Waals surface area contributed by atoms with E-state index in [1.807, 2.05) is 13.0 Å². The smallest absolute Gasteiger partial charge is 0.406 e. The summed E-state index contributed by atoms with van der Waals surface area (Å²) in [5.74, 6) is -0.750. The number of benzene rings is 1. The van der Waals surface area contributed by atoms with Crippen molar-refractivity contribution in [1.82, 2.24) is 25.7 Å². The Hall–Kier alpha value is -3.41. The van der Waals surface area contributed by atoms with Gasteiger partial charge < -0.3 is 10.1 Å². The summed E-state index contributed by atoms with van der Waals surface area (Å²) in [4.78, 5) is 24.2. The highest BCUT2D eigenvalue weighted by Gasteiger charge is 2.31. The van der Waals surface area contributed by atoms with Crippen molar-refractivity contribution in [1.29, 1.82) is 0 Å². The lowest BCUT2D eigenvalue weighted by Gasteiger charge is -2.09. The molecule has 0 saturated carbocycles. The number of aryl methyl sites for hydroxylation is 2. The number of nitrogens with one attached hydrogen (secondary N) is 1. The maximum absolute atomic E-state index is 12.4. The summed E-state index contributed by atoms with van der Waals surface area (Å²) in [5, 5.41) is 20.2. The van der Waals surface area contributed by atoms with Gasteiger partial charge in [0.1, 0.15) is 16.5 Å². The van der Waals surface area contributed by atoms with Gasteiger partial charge in [0.15, 0.2) is 0 Å². The lowest BCUT2D eigenvalue weighted by Crippen LogP contribution is -2.23. The average molecular weight is 522 g/mol. The van der Waals surface area contributed by atoms with E-state index in [0.29, 0.717) is 35.7 Å². The molecule has 0 aliphatic carbocycles. The van der Waals surface area contributed by atoms with Gasteiger partial charge in [-0.2, -0.15) is 10.2 Å². The van der Waals surface area contributed by atoms with Gasteiger partial charge in [0, 0.05) is 19.4 Å². The van der Waals surface area contributed by atoms with Gasteiger partial charge >= 0.3 is 6.36 Å². The molecule has 0 saturated heterocycles. The molecule has 8 nitrogen and oxygen atoms in total. The summed E-state index contributed by atoms with van der Waals surface area (Å²) in [6, 6.07) is 8.91. The van der Waals surface area contributed by atoms with E-state index in [1.165, 1.54) is 29.5 Å². The van der Waals surface area contributed by atoms with E-state index in [0.717, 1.165) is 30.0 Å². The van der Waals surface area contributed by atoms with Gasteiger partial charge in [0.2, 0.25) is 5.01 Å². The molecule has 0 fully saturated rings. The van der Waals surface area contributed by atoms with E-state index < -0.39 is 6.36 Å². The summed E-state index contributed by atoms with van der Waals surface area (Å²) in [6.45, 7) is 2.59. The maximum atomic E-state index is 12.4. The molecule has 0 radical (unpaired) electrons. The lowest BCUT2D eigenvalue weighted by atomic mass is 10.1. The Balaban J connectivity index is 1.40. The standard InChI is InChI=1S/C24H26F3N5O3S/c1-2-12-28-22(34)23-32-31-21(36-23)9-4-3-7-17-10-11-18(30-29-17)15-19(33)13-16-6-5-8-20(14-16)35-24(25,26)27/h5-6,8,10-11,14H,2-4,7,9,12-13,15H2,1H3,(H,28,34). The first kappa shape index (κ1) is 27.2. The Labute approximate surface area is 210 Å². The van der Waals surface area contributed by atoms with Crippen LogP contribution in [0.1, 0.15) is 57.9 Å². The number of nitrogens with zero attached hydrogens (tertiary/aromatic N) is 4. The number of ether oxygens (including phenoxy) is 1. The van der Waals surface area contributed by atoms with Gasteiger partial charge in [-0.25, -0.2) is 0 Å². The minimum Gasteiger partial charge on any atom is -0.406 e. The SMILES string of the molecule is CCCNC(=O)c1nnc(CCCCc2ccc(CC(=O)Cc3cccc(OC(F)(F)F)c3)nn2)s1. The molecule has 0 unspecified atom stereocenters. The van der Waals surface area contributed by atoms with Crippen molar-refractivity contribution in [2.24, 2.45) is 0 Å². The van der Waals surface area contributed by atoms with Crippen LogP contribution in [-0.4, -0.2) is 45.0 Å². The maximum Gasteiger partial charge on any atom is 0.573 e. The van der Waals surface area contributed by atoms with Crippen LogP contribution < -0.4 is 10.1 Å². The summed E-state index contributed by atoms with van der Waals surface area (Å²) in [7, 11) is 0. The molecule has 0 bridgehead atoms. The number of halogens is 3. The molecular formula is C24H26F3N5O3S. The van der Waals surface area contributed by atoms with E-state index in [-0.39, 0.29) is 30.3 Å². The number of alkyl halides is 3. The molecule has 0 atom stereocenters. The second kappa shape index (κ2) is 13.1. The third-order valence-electron chi connectivity index (χ3n) is 4.96. The second-order valence-corrected chi connectivity index (χ2v) is 9.13. The van der Waals surface area contributed by atoms with Crippen molar-refractivity contribution in [2.45, 2.75) is 58.2 Å². The topological polar surface area (TPSA) is 107 Å². The number of ketones is 1. The molecule has 1 N–H and O–H groups in total. The van der Waals surface area contributed by atoms with Crippen LogP contribution in [0.25, 0.3) is 0 Å². The van der Waals surface area contributed by atoms with Crippen LogP contribution in [0.3, 0.4) is 0 Å². The molecule has 192 valence electrons. The zero-order chi connectivity index (χ0) is 26.0. The Morgan fingerprint density at radius 1 is 0.972 bits per heavy atom. The fourth-order valence-corrected chi connectivity index (χ4v) is 4.10. The predicted octanol–water partition coefficient (Wildman–Crippen LogP) is 4.29. The minimum atomic E-state index is -4.78. The summed E-state index contributed by atoms with van der Waals surface area (Å²) in [5.41, 5.74) is 1.71. The normalized spacial score (nSPS) is 11.3. The van der Waals surface area contributed by atoms with Crippen molar-refractivity contribution in [2.75, 3.05) is 6.54 Å². The number of carbonyl (C=O) groups excluding carboxylic acids is 2. The minimum absolute atomic E-state index is 0.0306. The number of rotatable bonds is 13. The Morgan fingerprint density at radius 3 is 2.44 bits per heavy atom. The van der Waals surface area contributed by atoms with Gasteiger partial charge in [-0.05, 0) is 55.5 Å². The van der Waals surface area contributed by atoms with E-state index in [4.69, 9.17) is 0 Å². The van der Waals surface area contributed by atoms with Crippen LogP contribution in [-0.2, 0) is 30.5 Å². The molecule has 2 aromatic heterocycles. The second-order valence-electron chi connectivity index (χ2n) is 8.07. The highest BCUT2D eigenvalue weighted by atomic mass is 32.1. The Bertz CT molecular complexity index is 1150. The average Bonchev–Trinajstić information content (AvgIpc) is 3.29. The van der Waals surface area contributed by atoms with Gasteiger partial charge in [-0.3, -0.25) is 9.59 Å². The van der Waals surface area contributed by atoms with E-state index in [1.54, 1.807) is 12.1 Å². The highest BCUT2D eigenvalue weighted by Crippen LogP contribution is 2.23. The monoisotopic (exact) mass is 521 g/mol. The number of amides is 1. The van der Waals surface area contributed by atoms with Crippen molar-refractivity contribution < 1.29 is 27.5 Å². The largest absolute Gasteiger partial charge is 0.573 e. The molecule has 12 heteroatoms. The van der Waals surface area contributed by atoms with Crippen LogP contribution in [0.4, 0.5) is 13.2 Å². The number of unbranched alkanes of at least 4 members (excludes halogenated alkanes) is 1. The number of hydrogen-bond acceptors (Lipinski definition) is 8. The quantitative estimate of drug-likeness (QED) is 0.335. The van der Waals surface area contributed by atoms with Crippen molar-refractivity contribution >= 4 is 23.0 Å². The first-order valence-corrected chi connectivity index (χ1v) is 12.3. The molecule has 0 aliphatic heterocycles. The molecule has 3 rings (SSSR count). The predicted molar refractivity (Wildman–Crippen MR) is 127 cm³/mol. The molecular weight excluding hydrogens is 495 g/mol. The van der Waals surface area contributed by atoms with Gasteiger partial charge in [-0.15, -0.1) is 23.4 Å². The van der Waals surface area contributed by atoms with E-state index in [2.05, 4.69) is 30.4 Å². The van der Waals surface area contributed by atoms with Gasteiger partial charge in [0.05, 0.1) is 17.8 Å². The fourth-order valence-electron chi connectivity index (χ4n) is 3.30. The Kier molecular flexibility index (Phi) is 9.86. The first-order chi connectivity index (χ1) is 17.2. The summed E-state index contributed by atoms with van der Waals surface area (Å²) >= 11 is 1.30. The molecule has 0 spiro atoms. The third-order valence-corrected chi connectivity index (χ3v) is 5.94. The first-order valence-electron chi connectivity index (χ1n) is 11.5. The van der Waals surface area contributed by atoms with E-state index in [9.17, 15) is 22.8 Å². The van der Waals surface area contributed by atoms with Crippen LogP contribution in [0.5, 0.6) is 5.75 Å². The van der Waals surface area contributed by atoms with Crippen LogP contribution in [0, 0.1) is 0 Å². The van der Waals surface area contributed by atoms with Crippen molar-refractivity contribution in [3.05, 3.63) is 63.4 Å². The number of aromatic nitrogens is 4. The molecule has 2 heterocycles. The van der Waals surface area contributed by atoms with E-state index >= 15 is 0 Å². The van der Waals surface area contributed by atoms with Crippen molar-refractivity contribution in [3.63, 3.8) is 0 Å². The lowest BCUT2D eigenvalue weighted by molar-refractivity contribution is -0.274. The number of carbonyl (C=O) groups is 2. The van der Waals surface area contributed by atoms with Gasteiger partial charge in [0.25, 0.3) is 5.91 Å². The van der Waals surface area contributed by atoms with Crippen LogP contribution in [0.2, 0.25) is 0 Å². The zero-order valence-corrected chi connectivity index (χ0v) is 20.5. The molecule has 3 aromatic rings. The van der Waals surface area contributed by atoms with Crippen molar-refractivity contribution in [3.8, 4) is 5.75 Å². The highest BCUT2D eigenvalue weighted by molar-refractivity contribution is 7.13.